The van der Waals surface area contributed by atoms with Gasteiger partial charge in [0.15, 0.2) is 0 Å². The van der Waals surface area contributed by atoms with E-state index in [-0.39, 0.29) is 11.1 Å². The van der Waals surface area contributed by atoms with Crippen LogP contribution in [0.2, 0.25) is 5.22 Å². The summed E-state index contributed by atoms with van der Waals surface area (Å²) in [5.41, 5.74) is 1.03. The maximum atomic E-state index is 12.0. The Kier molecular flexibility index (Phi) is 3.19. The number of aryl methyl sites for hydroxylation is 1. The van der Waals surface area contributed by atoms with E-state index in [9.17, 15) is 4.79 Å². The molecule has 0 aromatic carbocycles. The third-order valence-corrected chi connectivity index (χ3v) is 2.56. The lowest BCUT2D eigenvalue weighted by Crippen LogP contribution is -2.26. The van der Waals surface area contributed by atoms with Gasteiger partial charge in [-0.3, -0.25) is 4.79 Å². The average molecular weight is 255 g/mol. The monoisotopic (exact) mass is 254 g/mol. The second kappa shape index (κ2) is 4.63. The third kappa shape index (κ3) is 2.50. The highest BCUT2D eigenvalue weighted by Gasteiger charge is 2.18. The Balaban J connectivity index is 2.08. The fraction of sp³-hybridized carbons (Fsp3) is 0.273. The lowest BCUT2D eigenvalue weighted by atomic mass is 10.3. The largest absolute Gasteiger partial charge is 0.452 e. The van der Waals surface area contributed by atoms with Gasteiger partial charge in [-0.1, -0.05) is 5.16 Å². The molecule has 6 heteroatoms. The summed E-state index contributed by atoms with van der Waals surface area (Å²) in [5.74, 6) is 0.492. The van der Waals surface area contributed by atoms with E-state index in [1.165, 1.54) is 17.2 Å². The average Bonchev–Trinajstić information content (AvgIpc) is 2.86. The molecule has 17 heavy (non-hydrogen) atoms. The Morgan fingerprint density at radius 1 is 1.59 bits per heavy atom. The van der Waals surface area contributed by atoms with Crippen molar-refractivity contribution in [2.75, 3.05) is 7.05 Å². The molecule has 0 unspecified atom stereocenters. The molecule has 0 aliphatic heterocycles. The Morgan fingerprint density at radius 3 is 2.88 bits per heavy atom. The molecule has 0 aliphatic rings. The second-order valence-electron chi connectivity index (χ2n) is 3.70. The first-order valence-corrected chi connectivity index (χ1v) is 5.36. The van der Waals surface area contributed by atoms with Crippen LogP contribution in [0.5, 0.6) is 0 Å². The van der Waals surface area contributed by atoms with E-state index in [1.54, 1.807) is 20.0 Å². The summed E-state index contributed by atoms with van der Waals surface area (Å²) in [6.07, 6.45) is 1.38. The molecule has 0 atom stereocenters. The number of hydrogen-bond acceptors (Lipinski definition) is 4. The van der Waals surface area contributed by atoms with Crippen molar-refractivity contribution in [3.63, 3.8) is 0 Å². The van der Waals surface area contributed by atoms with Crippen LogP contribution >= 0.6 is 11.6 Å². The zero-order valence-electron chi connectivity index (χ0n) is 9.44. The van der Waals surface area contributed by atoms with E-state index < -0.39 is 0 Å². The number of rotatable bonds is 3. The normalized spacial score (nSPS) is 10.5. The lowest BCUT2D eigenvalue weighted by Gasteiger charge is -2.14. The first-order valence-electron chi connectivity index (χ1n) is 4.98. The van der Waals surface area contributed by atoms with Gasteiger partial charge in [0.1, 0.15) is 11.5 Å². The van der Waals surface area contributed by atoms with Crippen molar-refractivity contribution in [1.29, 1.82) is 0 Å². The number of carbonyl (C=O) groups excluding carboxylic acids is 1. The quantitative estimate of drug-likeness (QED) is 0.844. The number of aromatic nitrogens is 1. The molecule has 2 aromatic rings. The molecule has 0 saturated heterocycles. The van der Waals surface area contributed by atoms with Crippen molar-refractivity contribution in [3.8, 4) is 0 Å². The minimum Gasteiger partial charge on any atom is -0.452 e. The highest BCUT2D eigenvalue weighted by Crippen LogP contribution is 2.18. The summed E-state index contributed by atoms with van der Waals surface area (Å²) in [6, 6.07) is 3.32. The molecule has 0 aliphatic carbocycles. The zero-order valence-corrected chi connectivity index (χ0v) is 10.2. The second-order valence-corrected chi connectivity index (χ2v) is 4.04. The Hall–Kier alpha value is -1.75. The highest BCUT2D eigenvalue weighted by molar-refractivity contribution is 6.32. The molecule has 0 N–H and O–H groups in total. The first kappa shape index (κ1) is 11.7. The van der Waals surface area contributed by atoms with Gasteiger partial charge in [0.05, 0.1) is 18.4 Å². The van der Waals surface area contributed by atoms with Crippen LogP contribution < -0.4 is 0 Å². The van der Waals surface area contributed by atoms with Crippen LogP contribution in [0.25, 0.3) is 0 Å². The Bertz CT molecular complexity index is 532. The standard InChI is InChI=1S/C11H11ClN2O3/c1-7-5-8(13-17-7)6-14(2)11(15)9-3-4-16-10(9)12/h3-5H,6H2,1-2H3. The maximum Gasteiger partial charge on any atom is 0.258 e. The summed E-state index contributed by atoms with van der Waals surface area (Å²) in [4.78, 5) is 13.5. The van der Waals surface area contributed by atoms with Gasteiger partial charge in [-0.15, -0.1) is 0 Å². The summed E-state index contributed by atoms with van der Waals surface area (Å²) in [7, 11) is 1.66. The molecule has 0 radical (unpaired) electrons. The Labute approximate surface area is 103 Å². The van der Waals surface area contributed by atoms with Crippen LogP contribution in [0.15, 0.2) is 27.3 Å². The first-order chi connectivity index (χ1) is 8.08. The Morgan fingerprint density at radius 2 is 2.35 bits per heavy atom. The summed E-state index contributed by atoms with van der Waals surface area (Å²) in [6.45, 7) is 2.16. The van der Waals surface area contributed by atoms with Crippen molar-refractivity contribution in [2.45, 2.75) is 13.5 Å². The summed E-state index contributed by atoms with van der Waals surface area (Å²) >= 11 is 5.74. The van der Waals surface area contributed by atoms with E-state index in [4.69, 9.17) is 20.5 Å². The van der Waals surface area contributed by atoms with E-state index in [0.717, 1.165) is 0 Å². The van der Waals surface area contributed by atoms with Crippen LogP contribution in [-0.2, 0) is 6.54 Å². The molecule has 2 heterocycles. The van der Waals surface area contributed by atoms with Crippen LogP contribution in [-0.4, -0.2) is 23.0 Å². The lowest BCUT2D eigenvalue weighted by molar-refractivity contribution is 0.0781. The maximum absolute atomic E-state index is 12.0. The van der Waals surface area contributed by atoms with Crippen molar-refractivity contribution in [3.05, 3.63) is 40.6 Å². The molecular weight excluding hydrogens is 244 g/mol. The zero-order chi connectivity index (χ0) is 12.4. The van der Waals surface area contributed by atoms with E-state index in [1.807, 2.05) is 0 Å². The summed E-state index contributed by atoms with van der Waals surface area (Å²) < 4.78 is 9.80. The van der Waals surface area contributed by atoms with E-state index in [0.29, 0.717) is 23.6 Å². The van der Waals surface area contributed by atoms with Crippen LogP contribution in [0.3, 0.4) is 0 Å². The van der Waals surface area contributed by atoms with E-state index in [2.05, 4.69) is 5.16 Å². The fourth-order valence-electron chi connectivity index (χ4n) is 1.46. The third-order valence-electron chi connectivity index (χ3n) is 2.27. The number of amides is 1. The SMILES string of the molecule is Cc1cc(CN(C)C(=O)c2ccoc2Cl)no1. The van der Waals surface area contributed by atoms with Gasteiger partial charge in [0.2, 0.25) is 5.22 Å². The molecule has 0 bridgehead atoms. The molecule has 1 amide bonds. The van der Waals surface area contributed by atoms with Gasteiger partial charge in [-0.05, 0) is 24.6 Å². The predicted octanol–water partition coefficient (Wildman–Crippen LogP) is 2.50. The van der Waals surface area contributed by atoms with Crippen molar-refractivity contribution >= 4 is 17.5 Å². The molecule has 2 rings (SSSR count). The molecule has 5 nitrogen and oxygen atoms in total. The van der Waals surface area contributed by atoms with Gasteiger partial charge in [-0.2, -0.15) is 0 Å². The topological polar surface area (TPSA) is 59.5 Å². The molecule has 0 fully saturated rings. The molecule has 0 spiro atoms. The number of furan rings is 1. The number of nitrogens with zero attached hydrogens (tertiary/aromatic N) is 2. The fourth-order valence-corrected chi connectivity index (χ4v) is 1.65. The van der Waals surface area contributed by atoms with E-state index >= 15 is 0 Å². The number of halogens is 1. The highest BCUT2D eigenvalue weighted by atomic mass is 35.5. The van der Waals surface area contributed by atoms with Gasteiger partial charge in [0, 0.05) is 13.1 Å². The van der Waals surface area contributed by atoms with Gasteiger partial charge < -0.3 is 13.8 Å². The number of carbonyl (C=O) groups is 1. The van der Waals surface area contributed by atoms with Crippen molar-refractivity contribution in [1.82, 2.24) is 10.1 Å². The minimum absolute atomic E-state index is 0.0955. The predicted molar refractivity (Wildman–Crippen MR) is 60.8 cm³/mol. The molecule has 90 valence electrons. The van der Waals surface area contributed by atoms with Crippen molar-refractivity contribution < 1.29 is 13.7 Å². The van der Waals surface area contributed by atoms with Crippen molar-refractivity contribution in [2.24, 2.45) is 0 Å². The van der Waals surface area contributed by atoms with Gasteiger partial charge >= 0.3 is 0 Å². The number of hydrogen-bond donors (Lipinski definition) is 0. The van der Waals surface area contributed by atoms with Crippen LogP contribution in [0, 0.1) is 6.92 Å². The minimum atomic E-state index is -0.218. The smallest absolute Gasteiger partial charge is 0.258 e. The van der Waals surface area contributed by atoms with Crippen LogP contribution in [0.1, 0.15) is 21.8 Å². The summed E-state index contributed by atoms with van der Waals surface area (Å²) in [5, 5.41) is 3.91. The molecule has 0 saturated carbocycles. The van der Waals surface area contributed by atoms with Gasteiger partial charge in [-0.25, -0.2) is 0 Å². The van der Waals surface area contributed by atoms with Gasteiger partial charge in [0.25, 0.3) is 5.91 Å². The van der Waals surface area contributed by atoms with Crippen LogP contribution in [0.4, 0.5) is 0 Å². The molecule has 2 aromatic heterocycles. The molecular formula is C11H11ClN2O3.